The van der Waals surface area contributed by atoms with Gasteiger partial charge in [0.15, 0.2) is 0 Å². The Morgan fingerprint density at radius 2 is 1.93 bits per heavy atom. The van der Waals surface area contributed by atoms with Gasteiger partial charge in [-0.1, -0.05) is 19.8 Å². The van der Waals surface area contributed by atoms with Gasteiger partial charge >= 0.3 is 0 Å². The average molecular weight is 218 g/mol. The van der Waals surface area contributed by atoms with Crippen molar-refractivity contribution in [2.24, 2.45) is 5.41 Å². The molecular formula is C11H20ClNO. The zero-order chi connectivity index (χ0) is 10.8. The highest BCUT2D eigenvalue weighted by molar-refractivity contribution is 6.18. The van der Waals surface area contributed by atoms with Gasteiger partial charge in [-0.3, -0.25) is 4.79 Å². The molecule has 0 aliphatic heterocycles. The Kier molecular flexibility index (Phi) is 3.46. The summed E-state index contributed by atoms with van der Waals surface area (Å²) in [5.41, 5.74) is -0.437. The minimum atomic E-state index is -0.287. The summed E-state index contributed by atoms with van der Waals surface area (Å²) in [5, 5.41) is 3.02. The van der Waals surface area contributed by atoms with E-state index in [4.69, 9.17) is 11.6 Å². The number of hydrogen-bond donors (Lipinski definition) is 1. The summed E-state index contributed by atoms with van der Waals surface area (Å²) in [6.07, 6.45) is 4.37. The molecule has 1 saturated carbocycles. The lowest BCUT2D eigenvalue weighted by atomic mass is 9.87. The van der Waals surface area contributed by atoms with Crippen LogP contribution in [0.5, 0.6) is 0 Å². The number of amides is 1. The standard InChI is InChI=1S/C11H20ClNO/c1-10(2,8-12)13-9(14)11(3)6-4-5-7-11/h4-8H2,1-3H3,(H,13,14). The summed E-state index contributed by atoms with van der Waals surface area (Å²) >= 11 is 5.77. The molecule has 0 aromatic rings. The number of carbonyl (C=O) groups excluding carboxylic acids is 1. The molecule has 14 heavy (non-hydrogen) atoms. The Balaban J connectivity index is 2.57. The predicted molar refractivity (Wildman–Crippen MR) is 59.5 cm³/mol. The van der Waals surface area contributed by atoms with E-state index in [9.17, 15) is 4.79 Å². The van der Waals surface area contributed by atoms with E-state index >= 15 is 0 Å². The molecule has 1 aliphatic rings. The molecular weight excluding hydrogens is 198 g/mol. The smallest absolute Gasteiger partial charge is 0.226 e. The molecule has 2 nitrogen and oxygen atoms in total. The molecule has 1 rings (SSSR count). The van der Waals surface area contributed by atoms with E-state index in [-0.39, 0.29) is 16.9 Å². The summed E-state index contributed by atoms with van der Waals surface area (Å²) in [6, 6.07) is 0. The topological polar surface area (TPSA) is 29.1 Å². The van der Waals surface area contributed by atoms with E-state index in [0.717, 1.165) is 12.8 Å². The van der Waals surface area contributed by atoms with Crippen molar-refractivity contribution < 1.29 is 4.79 Å². The van der Waals surface area contributed by atoms with Crippen molar-refractivity contribution in [1.82, 2.24) is 5.32 Å². The lowest BCUT2D eigenvalue weighted by Gasteiger charge is -2.30. The highest BCUT2D eigenvalue weighted by atomic mass is 35.5. The second-order valence-corrected chi connectivity index (χ2v) is 5.51. The Labute approximate surface area is 91.4 Å². The molecule has 0 aromatic carbocycles. The van der Waals surface area contributed by atoms with E-state index in [2.05, 4.69) is 12.2 Å². The van der Waals surface area contributed by atoms with Crippen molar-refractivity contribution in [1.29, 1.82) is 0 Å². The molecule has 0 heterocycles. The second kappa shape index (κ2) is 4.09. The first kappa shape index (κ1) is 11.8. The average Bonchev–Trinajstić information content (AvgIpc) is 2.53. The Morgan fingerprint density at radius 3 is 2.36 bits per heavy atom. The van der Waals surface area contributed by atoms with Crippen molar-refractivity contribution >= 4 is 17.5 Å². The van der Waals surface area contributed by atoms with Gasteiger partial charge in [-0.15, -0.1) is 11.6 Å². The molecule has 0 unspecified atom stereocenters. The monoisotopic (exact) mass is 217 g/mol. The summed E-state index contributed by atoms with van der Waals surface area (Å²) in [4.78, 5) is 12.0. The van der Waals surface area contributed by atoms with Crippen molar-refractivity contribution in [2.45, 2.75) is 52.0 Å². The Bertz CT molecular complexity index is 219. The lowest BCUT2D eigenvalue weighted by Crippen LogP contribution is -2.50. The van der Waals surface area contributed by atoms with Crippen LogP contribution >= 0.6 is 11.6 Å². The van der Waals surface area contributed by atoms with Crippen LogP contribution in [0.4, 0.5) is 0 Å². The largest absolute Gasteiger partial charge is 0.350 e. The maximum absolute atomic E-state index is 12.0. The highest BCUT2D eigenvalue weighted by Crippen LogP contribution is 2.37. The van der Waals surface area contributed by atoms with Gasteiger partial charge in [-0.25, -0.2) is 0 Å². The van der Waals surface area contributed by atoms with Crippen LogP contribution in [0.15, 0.2) is 0 Å². The fourth-order valence-corrected chi connectivity index (χ4v) is 1.94. The molecule has 0 saturated heterocycles. The van der Waals surface area contributed by atoms with Crippen molar-refractivity contribution in [3.8, 4) is 0 Å². The lowest BCUT2D eigenvalue weighted by molar-refractivity contribution is -0.131. The van der Waals surface area contributed by atoms with Crippen LogP contribution in [0.3, 0.4) is 0 Å². The summed E-state index contributed by atoms with van der Waals surface area (Å²) < 4.78 is 0. The van der Waals surface area contributed by atoms with Crippen LogP contribution in [-0.2, 0) is 4.79 Å². The van der Waals surface area contributed by atoms with Crippen molar-refractivity contribution in [3.05, 3.63) is 0 Å². The summed E-state index contributed by atoms with van der Waals surface area (Å²) in [5.74, 6) is 0.620. The molecule has 0 spiro atoms. The minimum absolute atomic E-state index is 0.149. The summed E-state index contributed by atoms with van der Waals surface area (Å²) in [6.45, 7) is 5.96. The van der Waals surface area contributed by atoms with E-state index < -0.39 is 0 Å². The first-order chi connectivity index (χ1) is 6.40. The fraction of sp³-hybridized carbons (Fsp3) is 0.909. The Hall–Kier alpha value is -0.240. The van der Waals surface area contributed by atoms with E-state index in [1.165, 1.54) is 12.8 Å². The third kappa shape index (κ3) is 2.63. The minimum Gasteiger partial charge on any atom is -0.350 e. The van der Waals surface area contributed by atoms with Crippen LogP contribution in [0.25, 0.3) is 0 Å². The molecule has 0 radical (unpaired) electrons. The van der Waals surface area contributed by atoms with E-state index in [1.807, 2.05) is 13.8 Å². The molecule has 1 amide bonds. The summed E-state index contributed by atoms with van der Waals surface area (Å²) in [7, 11) is 0. The second-order valence-electron chi connectivity index (χ2n) is 5.24. The first-order valence-electron chi connectivity index (χ1n) is 5.28. The molecule has 1 fully saturated rings. The van der Waals surface area contributed by atoms with Crippen molar-refractivity contribution in [3.63, 3.8) is 0 Å². The normalized spacial score (nSPS) is 20.9. The Morgan fingerprint density at radius 1 is 1.43 bits per heavy atom. The molecule has 0 bridgehead atoms. The zero-order valence-electron chi connectivity index (χ0n) is 9.32. The van der Waals surface area contributed by atoms with Gasteiger partial charge in [-0.05, 0) is 26.7 Å². The maximum atomic E-state index is 12.0. The van der Waals surface area contributed by atoms with Gasteiger partial charge in [0.25, 0.3) is 0 Å². The van der Waals surface area contributed by atoms with Gasteiger partial charge < -0.3 is 5.32 Å². The van der Waals surface area contributed by atoms with Crippen LogP contribution in [-0.4, -0.2) is 17.3 Å². The molecule has 3 heteroatoms. The molecule has 0 aromatic heterocycles. The third-order valence-electron chi connectivity index (χ3n) is 3.04. The van der Waals surface area contributed by atoms with E-state index in [0.29, 0.717) is 5.88 Å². The van der Waals surface area contributed by atoms with Gasteiger partial charge in [0.05, 0.1) is 0 Å². The number of hydrogen-bond acceptors (Lipinski definition) is 1. The van der Waals surface area contributed by atoms with Gasteiger partial charge in [0.1, 0.15) is 0 Å². The molecule has 1 aliphatic carbocycles. The van der Waals surface area contributed by atoms with Crippen LogP contribution < -0.4 is 5.32 Å². The SMILES string of the molecule is CC(C)(CCl)NC(=O)C1(C)CCCC1. The van der Waals surface area contributed by atoms with Crippen molar-refractivity contribution in [2.75, 3.05) is 5.88 Å². The molecule has 0 atom stereocenters. The third-order valence-corrected chi connectivity index (χ3v) is 3.71. The number of halogens is 1. The number of carbonyl (C=O) groups is 1. The van der Waals surface area contributed by atoms with E-state index in [1.54, 1.807) is 0 Å². The predicted octanol–water partition coefficient (Wildman–Crippen LogP) is 2.70. The fourth-order valence-electron chi connectivity index (χ4n) is 1.87. The number of rotatable bonds is 3. The zero-order valence-corrected chi connectivity index (χ0v) is 10.1. The van der Waals surface area contributed by atoms with Gasteiger partial charge in [-0.2, -0.15) is 0 Å². The number of alkyl halides is 1. The highest BCUT2D eigenvalue weighted by Gasteiger charge is 2.38. The first-order valence-corrected chi connectivity index (χ1v) is 5.82. The molecule has 82 valence electrons. The van der Waals surface area contributed by atoms with Crippen LogP contribution in [0.1, 0.15) is 46.5 Å². The number of nitrogens with one attached hydrogen (secondary N) is 1. The van der Waals surface area contributed by atoms with Gasteiger partial charge in [0, 0.05) is 16.8 Å². The van der Waals surface area contributed by atoms with Crippen LogP contribution in [0, 0.1) is 5.41 Å². The maximum Gasteiger partial charge on any atom is 0.226 e. The van der Waals surface area contributed by atoms with Gasteiger partial charge in [0.2, 0.25) is 5.91 Å². The quantitative estimate of drug-likeness (QED) is 0.724. The van der Waals surface area contributed by atoms with Crippen LogP contribution in [0.2, 0.25) is 0 Å². The molecule has 1 N–H and O–H groups in total.